The first-order valence-electron chi connectivity index (χ1n) is 8.18. The van der Waals surface area contributed by atoms with Crippen molar-refractivity contribution in [1.82, 2.24) is 14.4 Å². The summed E-state index contributed by atoms with van der Waals surface area (Å²) in [5.74, 6) is -0.136. The van der Waals surface area contributed by atoms with Crippen molar-refractivity contribution in [1.29, 1.82) is 0 Å². The van der Waals surface area contributed by atoms with Crippen molar-refractivity contribution in [3.8, 4) is 0 Å². The maximum atomic E-state index is 14.1. The Hall–Kier alpha value is -2.71. The number of imidazole rings is 1. The first kappa shape index (κ1) is 17.7. The predicted molar refractivity (Wildman–Crippen MR) is 106 cm³/mol. The van der Waals surface area contributed by atoms with E-state index in [0.717, 1.165) is 16.4 Å². The number of fused-ring (bicyclic) bond motifs is 1. The van der Waals surface area contributed by atoms with E-state index in [1.54, 1.807) is 30.0 Å². The molecule has 3 aromatic heterocycles. The quantitative estimate of drug-likeness (QED) is 0.448. The number of carbonyl (C=O) groups is 1. The molecule has 136 valence electrons. The number of rotatable bonds is 5. The number of benzene rings is 1. The molecule has 0 aliphatic rings. The van der Waals surface area contributed by atoms with Gasteiger partial charge in [0.05, 0.1) is 23.1 Å². The standard InChI is InChI=1S/C19H15FN4OS2/c1-13(25)24(17-8-3-2-7-16(17)20)19-22-14(12-27-19)11-26-18-21-10-15-6-4-5-9-23(15)18/h2-10,12H,11H2,1H3. The van der Waals surface area contributed by atoms with E-state index in [-0.39, 0.29) is 11.6 Å². The summed E-state index contributed by atoms with van der Waals surface area (Å²) in [6.07, 6.45) is 3.79. The maximum Gasteiger partial charge on any atom is 0.230 e. The van der Waals surface area contributed by atoms with Crippen LogP contribution < -0.4 is 4.90 Å². The van der Waals surface area contributed by atoms with Gasteiger partial charge in [-0.1, -0.05) is 30.0 Å². The topological polar surface area (TPSA) is 50.5 Å². The van der Waals surface area contributed by atoms with Gasteiger partial charge in [-0.05, 0) is 24.3 Å². The Morgan fingerprint density at radius 1 is 1.26 bits per heavy atom. The predicted octanol–water partition coefficient (Wildman–Crippen LogP) is 4.91. The summed E-state index contributed by atoms with van der Waals surface area (Å²) in [4.78, 5) is 22.4. The number of carbonyl (C=O) groups excluding carboxylic acids is 1. The van der Waals surface area contributed by atoms with Crippen molar-refractivity contribution >= 4 is 45.3 Å². The smallest absolute Gasteiger partial charge is 0.230 e. The number of aromatic nitrogens is 3. The van der Waals surface area contributed by atoms with Gasteiger partial charge in [-0.3, -0.25) is 14.1 Å². The van der Waals surface area contributed by atoms with Crippen LogP contribution in [0.15, 0.2) is 65.4 Å². The molecule has 0 unspecified atom stereocenters. The second-order valence-corrected chi connectivity index (χ2v) is 7.53. The van der Waals surface area contributed by atoms with E-state index in [2.05, 4.69) is 9.97 Å². The molecule has 4 rings (SSSR count). The van der Waals surface area contributed by atoms with Crippen LogP contribution in [0, 0.1) is 5.82 Å². The Bertz CT molecular complexity index is 1110. The van der Waals surface area contributed by atoms with Crippen LogP contribution in [-0.4, -0.2) is 20.3 Å². The summed E-state index contributed by atoms with van der Waals surface area (Å²) in [5, 5.41) is 3.21. The summed E-state index contributed by atoms with van der Waals surface area (Å²) in [7, 11) is 0. The van der Waals surface area contributed by atoms with E-state index in [1.807, 2.05) is 40.4 Å². The lowest BCUT2D eigenvalue weighted by Crippen LogP contribution is -2.23. The summed E-state index contributed by atoms with van der Waals surface area (Å²) < 4.78 is 16.2. The van der Waals surface area contributed by atoms with E-state index >= 15 is 0 Å². The molecule has 3 heterocycles. The molecule has 0 saturated carbocycles. The first-order chi connectivity index (χ1) is 13.1. The van der Waals surface area contributed by atoms with Crippen molar-refractivity contribution in [2.45, 2.75) is 17.8 Å². The van der Waals surface area contributed by atoms with Gasteiger partial charge in [-0.15, -0.1) is 11.3 Å². The molecule has 27 heavy (non-hydrogen) atoms. The van der Waals surface area contributed by atoms with Gasteiger partial charge in [-0.2, -0.15) is 0 Å². The molecular formula is C19H15FN4OS2. The van der Waals surface area contributed by atoms with Crippen molar-refractivity contribution in [2.24, 2.45) is 0 Å². The molecule has 8 heteroatoms. The highest BCUT2D eigenvalue weighted by Gasteiger charge is 2.21. The Balaban J connectivity index is 1.55. The Morgan fingerprint density at radius 3 is 2.89 bits per heavy atom. The van der Waals surface area contributed by atoms with Gasteiger partial charge in [0, 0.05) is 24.3 Å². The molecule has 0 bridgehead atoms. The van der Waals surface area contributed by atoms with Gasteiger partial charge in [0.1, 0.15) is 5.82 Å². The van der Waals surface area contributed by atoms with E-state index in [9.17, 15) is 9.18 Å². The van der Waals surface area contributed by atoms with Crippen LogP contribution in [0.25, 0.3) is 5.52 Å². The molecule has 1 aromatic carbocycles. The van der Waals surface area contributed by atoms with Crippen LogP contribution in [0.1, 0.15) is 12.6 Å². The fourth-order valence-corrected chi connectivity index (χ4v) is 4.51. The number of hydrogen-bond acceptors (Lipinski definition) is 5. The number of para-hydroxylation sites is 1. The number of anilines is 2. The van der Waals surface area contributed by atoms with Gasteiger partial charge in [-0.25, -0.2) is 14.4 Å². The van der Waals surface area contributed by atoms with E-state index in [4.69, 9.17) is 0 Å². The first-order valence-corrected chi connectivity index (χ1v) is 10.0. The minimum atomic E-state index is -0.456. The number of thiazole rings is 1. The van der Waals surface area contributed by atoms with Crippen molar-refractivity contribution in [3.63, 3.8) is 0 Å². The second-order valence-electron chi connectivity index (χ2n) is 5.75. The van der Waals surface area contributed by atoms with Crippen molar-refractivity contribution in [2.75, 3.05) is 4.90 Å². The zero-order chi connectivity index (χ0) is 18.8. The highest BCUT2D eigenvalue weighted by molar-refractivity contribution is 7.98. The fraction of sp³-hybridized carbons (Fsp3) is 0.105. The lowest BCUT2D eigenvalue weighted by molar-refractivity contribution is -0.115. The zero-order valence-electron chi connectivity index (χ0n) is 14.4. The lowest BCUT2D eigenvalue weighted by atomic mass is 10.3. The molecule has 5 nitrogen and oxygen atoms in total. The molecule has 0 radical (unpaired) electrons. The van der Waals surface area contributed by atoms with Gasteiger partial charge in [0.15, 0.2) is 10.3 Å². The van der Waals surface area contributed by atoms with Crippen LogP contribution in [0.5, 0.6) is 0 Å². The number of nitrogens with zero attached hydrogens (tertiary/aromatic N) is 4. The summed E-state index contributed by atoms with van der Waals surface area (Å²) in [6.45, 7) is 1.40. The summed E-state index contributed by atoms with van der Waals surface area (Å²) >= 11 is 2.88. The lowest BCUT2D eigenvalue weighted by Gasteiger charge is -2.18. The third-order valence-electron chi connectivity index (χ3n) is 3.89. The van der Waals surface area contributed by atoms with Crippen LogP contribution in [0.2, 0.25) is 0 Å². The molecule has 4 aromatic rings. The van der Waals surface area contributed by atoms with Crippen molar-refractivity contribution < 1.29 is 9.18 Å². The SMILES string of the molecule is CC(=O)N(c1nc(CSc2ncc3ccccn23)cs1)c1ccccc1F. The molecular weight excluding hydrogens is 383 g/mol. The Kier molecular flexibility index (Phi) is 4.91. The minimum Gasteiger partial charge on any atom is -0.295 e. The summed E-state index contributed by atoms with van der Waals surface area (Å²) in [5.41, 5.74) is 2.05. The number of thioether (sulfide) groups is 1. The maximum absolute atomic E-state index is 14.1. The second kappa shape index (κ2) is 7.50. The molecule has 0 aliphatic heterocycles. The Labute approximate surface area is 163 Å². The molecule has 0 fully saturated rings. The minimum absolute atomic E-state index is 0.206. The van der Waals surface area contributed by atoms with Gasteiger partial charge < -0.3 is 0 Å². The molecule has 0 spiro atoms. The van der Waals surface area contributed by atoms with Crippen LogP contribution in [0.4, 0.5) is 15.2 Å². The largest absolute Gasteiger partial charge is 0.295 e. The average molecular weight is 398 g/mol. The number of halogens is 1. The van der Waals surface area contributed by atoms with Crippen LogP contribution >= 0.6 is 23.1 Å². The number of amides is 1. The molecule has 0 atom stereocenters. The zero-order valence-corrected chi connectivity index (χ0v) is 16.0. The third-order valence-corrected chi connectivity index (χ3v) is 5.77. The van der Waals surface area contributed by atoms with Gasteiger partial charge in [0.2, 0.25) is 5.91 Å². The third kappa shape index (κ3) is 3.58. The van der Waals surface area contributed by atoms with Crippen LogP contribution in [0.3, 0.4) is 0 Å². The fourth-order valence-electron chi connectivity index (χ4n) is 2.67. The normalized spacial score (nSPS) is 11.0. The van der Waals surface area contributed by atoms with E-state index in [1.165, 1.54) is 29.2 Å². The molecule has 1 amide bonds. The molecule has 0 aliphatic carbocycles. The van der Waals surface area contributed by atoms with E-state index in [0.29, 0.717) is 10.9 Å². The van der Waals surface area contributed by atoms with Gasteiger partial charge >= 0.3 is 0 Å². The van der Waals surface area contributed by atoms with Gasteiger partial charge in [0.25, 0.3) is 0 Å². The Morgan fingerprint density at radius 2 is 2.07 bits per heavy atom. The highest BCUT2D eigenvalue weighted by atomic mass is 32.2. The van der Waals surface area contributed by atoms with E-state index < -0.39 is 5.82 Å². The average Bonchev–Trinajstić information content (AvgIpc) is 3.29. The highest BCUT2D eigenvalue weighted by Crippen LogP contribution is 2.32. The molecule has 0 saturated heterocycles. The molecule has 0 N–H and O–H groups in total. The van der Waals surface area contributed by atoms with Crippen LogP contribution in [-0.2, 0) is 10.5 Å². The summed E-state index contributed by atoms with van der Waals surface area (Å²) in [6, 6.07) is 12.1. The monoisotopic (exact) mass is 398 g/mol. The van der Waals surface area contributed by atoms with Crippen molar-refractivity contribution in [3.05, 3.63) is 71.7 Å². The number of hydrogen-bond donors (Lipinski definition) is 0. The number of pyridine rings is 1.